The number of rotatable bonds is 3. The highest BCUT2D eigenvalue weighted by molar-refractivity contribution is 5.84. The fraction of sp³-hybridized carbons (Fsp3) is 0.400. The Kier molecular flexibility index (Phi) is 3.25. The smallest absolute Gasteiger partial charge is 0.242 e. The number of aromatic nitrogens is 1. The van der Waals surface area contributed by atoms with Crippen molar-refractivity contribution in [3.63, 3.8) is 0 Å². The van der Waals surface area contributed by atoms with Gasteiger partial charge in [0.2, 0.25) is 5.91 Å². The molecule has 19 heavy (non-hydrogen) atoms. The van der Waals surface area contributed by atoms with Gasteiger partial charge in [-0.25, -0.2) is 0 Å². The van der Waals surface area contributed by atoms with Crippen molar-refractivity contribution in [1.29, 1.82) is 0 Å². The molecule has 1 aromatic carbocycles. The van der Waals surface area contributed by atoms with Crippen LogP contribution in [0.5, 0.6) is 0 Å². The molecule has 4 nitrogen and oxygen atoms in total. The zero-order valence-corrected chi connectivity index (χ0v) is 11.0. The Labute approximate surface area is 112 Å². The molecule has 100 valence electrons. The fourth-order valence-electron chi connectivity index (χ4n) is 2.73. The summed E-state index contributed by atoms with van der Waals surface area (Å²) in [7, 11) is 0. The van der Waals surface area contributed by atoms with E-state index in [4.69, 9.17) is 5.73 Å². The second-order valence-electron chi connectivity index (χ2n) is 5.13. The first-order chi connectivity index (χ1) is 9.28. The third-order valence-electron chi connectivity index (χ3n) is 3.84. The summed E-state index contributed by atoms with van der Waals surface area (Å²) in [4.78, 5) is 14.1. The summed E-state index contributed by atoms with van der Waals surface area (Å²) < 4.78 is 2.02. The first kappa shape index (κ1) is 12.2. The van der Waals surface area contributed by atoms with E-state index in [9.17, 15) is 4.79 Å². The first-order valence-corrected chi connectivity index (χ1v) is 6.83. The maximum atomic E-state index is 12.2. The third kappa shape index (κ3) is 2.36. The van der Waals surface area contributed by atoms with E-state index in [1.165, 1.54) is 0 Å². The van der Waals surface area contributed by atoms with Crippen LogP contribution in [-0.4, -0.2) is 28.5 Å². The SMILES string of the molecule is NCc1ccc2c(ccn2CC(=O)N2CCCC2)c1. The Morgan fingerprint density at radius 2 is 2.00 bits per heavy atom. The predicted octanol–water partition coefficient (Wildman–Crippen LogP) is 1.72. The van der Waals surface area contributed by atoms with E-state index in [0.717, 1.165) is 42.4 Å². The second kappa shape index (κ2) is 5.05. The van der Waals surface area contributed by atoms with Gasteiger partial charge in [-0.15, -0.1) is 0 Å². The first-order valence-electron chi connectivity index (χ1n) is 6.83. The van der Waals surface area contributed by atoms with Crippen LogP contribution in [0.15, 0.2) is 30.5 Å². The molecule has 1 saturated heterocycles. The molecule has 2 aromatic rings. The van der Waals surface area contributed by atoms with Crippen LogP contribution in [0.1, 0.15) is 18.4 Å². The molecule has 0 spiro atoms. The third-order valence-corrected chi connectivity index (χ3v) is 3.84. The van der Waals surface area contributed by atoms with E-state index < -0.39 is 0 Å². The van der Waals surface area contributed by atoms with Crippen LogP contribution in [0.2, 0.25) is 0 Å². The van der Waals surface area contributed by atoms with Gasteiger partial charge in [-0.1, -0.05) is 6.07 Å². The minimum Gasteiger partial charge on any atom is -0.341 e. The maximum absolute atomic E-state index is 12.2. The zero-order valence-electron chi connectivity index (χ0n) is 11.0. The molecule has 1 aliphatic rings. The normalized spacial score (nSPS) is 15.3. The number of benzene rings is 1. The van der Waals surface area contributed by atoms with E-state index in [1.54, 1.807) is 0 Å². The van der Waals surface area contributed by atoms with Crippen LogP contribution in [0.4, 0.5) is 0 Å². The molecular weight excluding hydrogens is 238 g/mol. The second-order valence-corrected chi connectivity index (χ2v) is 5.13. The lowest BCUT2D eigenvalue weighted by Crippen LogP contribution is -2.30. The standard InChI is InChI=1S/C15H19N3O/c16-10-12-3-4-14-13(9-12)5-8-18(14)11-15(19)17-6-1-2-7-17/h3-5,8-9H,1-2,6-7,10-11,16H2. The Morgan fingerprint density at radius 3 is 2.74 bits per heavy atom. The number of amides is 1. The van der Waals surface area contributed by atoms with Crippen LogP contribution >= 0.6 is 0 Å². The number of hydrogen-bond donors (Lipinski definition) is 1. The van der Waals surface area contributed by atoms with Crippen molar-refractivity contribution in [1.82, 2.24) is 9.47 Å². The van der Waals surface area contributed by atoms with Crippen molar-refractivity contribution >= 4 is 16.8 Å². The average Bonchev–Trinajstić information content (AvgIpc) is 3.08. The molecule has 1 amide bonds. The summed E-state index contributed by atoms with van der Waals surface area (Å²) in [5.74, 6) is 0.220. The molecule has 0 radical (unpaired) electrons. The molecule has 2 heterocycles. The van der Waals surface area contributed by atoms with Crippen molar-refractivity contribution in [2.24, 2.45) is 5.73 Å². The molecule has 1 aliphatic heterocycles. The highest BCUT2D eigenvalue weighted by Crippen LogP contribution is 2.18. The fourth-order valence-corrected chi connectivity index (χ4v) is 2.73. The molecule has 3 rings (SSSR count). The van der Waals surface area contributed by atoms with E-state index in [2.05, 4.69) is 12.1 Å². The van der Waals surface area contributed by atoms with Crippen LogP contribution in [0, 0.1) is 0 Å². The molecule has 4 heteroatoms. The highest BCUT2D eigenvalue weighted by atomic mass is 16.2. The van der Waals surface area contributed by atoms with Gasteiger partial charge in [0.25, 0.3) is 0 Å². The number of likely N-dealkylation sites (tertiary alicyclic amines) is 1. The number of hydrogen-bond acceptors (Lipinski definition) is 2. The van der Waals surface area contributed by atoms with Gasteiger partial charge in [-0.2, -0.15) is 0 Å². The van der Waals surface area contributed by atoms with Crippen LogP contribution < -0.4 is 5.73 Å². The van der Waals surface area contributed by atoms with E-state index in [1.807, 2.05) is 27.8 Å². The average molecular weight is 257 g/mol. The summed E-state index contributed by atoms with van der Waals surface area (Å²) in [6.45, 7) is 2.81. The van der Waals surface area contributed by atoms with Gasteiger partial charge in [-0.05, 0) is 42.0 Å². The molecule has 0 atom stereocenters. The van der Waals surface area contributed by atoms with Crippen molar-refractivity contribution in [2.75, 3.05) is 13.1 Å². The summed E-state index contributed by atoms with van der Waals surface area (Å²) in [6.07, 6.45) is 4.26. The molecule has 0 bridgehead atoms. The lowest BCUT2D eigenvalue weighted by molar-refractivity contribution is -0.130. The van der Waals surface area contributed by atoms with Gasteiger partial charge < -0.3 is 15.2 Å². The zero-order chi connectivity index (χ0) is 13.2. The lowest BCUT2D eigenvalue weighted by atomic mass is 10.1. The Morgan fingerprint density at radius 1 is 1.21 bits per heavy atom. The minimum absolute atomic E-state index is 0.220. The number of nitrogens with two attached hydrogens (primary N) is 1. The molecule has 0 aliphatic carbocycles. The molecule has 2 N–H and O–H groups in total. The number of carbonyl (C=O) groups excluding carboxylic acids is 1. The van der Waals surface area contributed by atoms with Crippen molar-refractivity contribution in [2.45, 2.75) is 25.9 Å². The van der Waals surface area contributed by atoms with Crippen LogP contribution in [0.25, 0.3) is 10.9 Å². The van der Waals surface area contributed by atoms with Gasteiger partial charge >= 0.3 is 0 Å². The van der Waals surface area contributed by atoms with Gasteiger partial charge in [0.15, 0.2) is 0 Å². The van der Waals surface area contributed by atoms with Gasteiger partial charge in [0.05, 0.1) is 0 Å². The van der Waals surface area contributed by atoms with Crippen molar-refractivity contribution in [3.8, 4) is 0 Å². The quantitative estimate of drug-likeness (QED) is 0.910. The largest absolute Gasteiger partial charge is 0.341 e. The minimum atomic E-state index is 0.220. The maximum Gasteiger partial charge on any atom is 0.242 e. The van der Waals surface area contributed by atoms with Crippen LogP contribution in [0.3, 0.4) is 0 Å². The molecule has 0 saturated carbocycles. The summed E-state index contributed by atoms with van der Waals surface area (Å²) in [5.41, 5.74) is 7.87. The lowest BCUT2D eigenvalue weighted by Gasteiger charge is -2.16. The van der Waals surface area contributed by atoms with Crippen LogP contribution in [-0.2, 0) is 17.9 Å². The van der Waals surface area contributed by atoms with E-state index in [-0.39, 0.29) is 5.91 Å². The molecular formula is C15H19N3O. The Bertz CT molecular complexity index is 596. The predicted molar refractivity (Wildman–Crippen MR) is 75.6 cm³/mol. The molecule has 0 unspecified atom stereocenters. The van der Waals surface area contributed by atoms with E-state index >= 15 is 0 Å². The Balaban J connectivity index is 1.82. The number of fused-ring (bicyclic) bond motifs is 1. The number of carbonyl (C=O) groups is 1. The number of nitrogens with zero attached hydrogens (tertiary/aromatic N) is 2. The van der Waals surface area contributed by atoms with Gasteiger partial charge in [0, 0.05) is 31.3 Å². The summed E-state index contributed by atoms with van der Waals surface area (Å²) in [5, 5.41) is 1.15. The van der Waals surface area contributed by atoms with Crippen molar-refractivity contribution in [3.05, 3.63) is 36.0 Å². The Hall–Kier alpha value is -1.81. The topological polar surface area (TPSA) is 51.3 Å². The van der Waals surface area contributed by atoms with Gasteiger partial charge in [0.1, 0.15) is 6.54 Å². The van der Waals surface area contributed by atoms with E-state index in [0.29, 0.717) is 13.1 Å². The van der Waals surface area contributed by atoms with Gasteiger partial charge in [-0.3, -0.25) is 4.79 Å². The molecule has 1 aromatic heterocycles. The summed E-state index contributed by atoms with van der Waals surface area (Å²) in [6, 6.07) is 8.21. The monoisotopic (exact) mass is 257 g/mol. The summed E-state index contributed by atoms with van der Waals surface area (Å²) >= 11 is 0. The highest BCUT2D eigenvalue weighted by Gasteiger charge is 2.18. The molecule has 1 fully saturated rings. The van der Waals surface area contributed by atoms with Crippen molar-refractivity contribution < 1.29 is 4.79 Å².